The first kappa shape index (κ1) is 30.2. The third-order valence-electron chi connectivity index (χ3n) is 8.42. The average molecular weight is 563 g/mol. The van der Waals surface area contributed by atoms with Crippen LogP contribution >= 0.6 is 0 Å². The number of allylic oxidation sites excluding steroid dienone is 2. The Balaban J connectivity index is 1.56. The zero-order valence-corrected chi connectivity index (χ0v) is 24.4. The van der Waals surface area contributed by atoms with Crippen molar-refractivity contribution in [3.8, 4) is 0 Å². The van der Waals surface area contributed by atoms with E-state index in [-0.39, 0.29) is 49.1 Å². The fourth-order valence-corrected chi connectivity index (χ4v) is 6.35. The summed E-state index contributed by atoms with van der Waals surface area (Å²) in [6.45, 7) is 11.2. The third kappa shape index (κ3) is 6.42. The Morgan fingerprint density at radius 2 is 2.10 bits per heavy atom. The molecule has 5 atom stereocenters. The predicted octanol–water partition coefficient (Wildman–Crippen LogP) is 2.90. The maximum Gasteiger partial charge on any atom is 0.321 e. The van der Waals surface area contributed by atoms with E-state index in [9.17, 15) is 14.7 Å². The van der Waals surface area contributed by atoms with Gasteiger partial charge in [-0.05, 0) is 43.1 Å². The van der Waals surface area contributed by atoms with Gasteiger partial charge >= 0.3 is 6.03 Å². The number of hydrogen-bond donors (Lipinski definition) is 1. The van der Waals surface area contributed by atoms with Crippen LogP contribution in [-0.4, -0.2) is 109 Å². The van der Waals surface area contributed by atoms with E-state index in [1.54, 1.807) is 19.1 Å². The number of ether oxygens (including phenoxy) is 3. The second kappa shape index (κ2) is 13.7. The van der Waals surface area contributed by atoms with Crippen LogP contribution in [0, 0.1) is 17.8 Å². The van der Waals surface area contributed by atoms with Crippen LogP contribution in [0.5, 0.6) is 0 Å². The molecule has 0 bridgehead atoms. The van der Waals surface area contributed by atoms with Gasteiger partial charge in [-0.3, -0.25) is 19.4 Å². The Hall–Kier alpha value is -2.76. The molecule has 40 heavy (non-hydrogen) atoms. The summed E-state index contributed by atoms with van der Waals surface area (Å²) in [5.41, 5.74) is 0. The van der Waals surface area contributed by atoms with Crippen LogP contribution in [0.2, 0.25) is 0 Å². The average Bonchev–Trinajstić information content (AvgIpc) is 3.57. The standard InChI is InChI=1S/C29H46N4O7/c1-6-11-33(40-14-7-2)27(35)18-31-17-22(20-15-24(37-5)28-25(16-20)38-19-39-28)21(8-3)23(31)9-13-32-26(34)10-12-30(4)29(32)36/h8,16,20-23,26,34H,3,6-7,9-15,17-19H2,1-2,4-5H3/t20?,21-,22-,23+,26?/m1/s1. The van der Waals surface area contributed by atoms with Crippen molar-refractivity contribution in [2.45, 2.75) is 58.2 Å². The first-order valence-corrected chi connectivity index (χ1v) is 14.6. The number of fused-ring (bicyclic) bond motifs is 1. The highest BCUT2D eigenvalue weighted by Crippen LogP contribution is 2.44. The number of likely N-dealkylation sites (tertiary alicyclic amines) is 1. The zero-order chi connectivity index (χ0) is 28.8. The molecule has 0 spiro atoms. The fourth-order valence-electron chi connectivity index (χ4n) is 6.35. The summed E-state index contributed by atoms with van der Waals surface area (Å²) in [5, 5.41) is 12.1. The van der Waals surface area contributed by atoms with Crippen molar-refractivity contribution < 1.29 is 33.7 Å². The molecule has 0 aromatic heterocycles. The molecule has 3 saturated heterocycles. The molecular weight excluding hydrogens is 516 g/mol. The number of aliphatic hydroxyl groups excluding tert-OH is 1. The minimum atomic E-state index is -0.809. The molecule has 11 heteroatoms. The molecule has 0 aromatic carbocycles. The Morgan fingerprint density at radius 1 is 1.30 bits per heavy atom. The lowest BCUT2D eigenvalue weighted by atomic mass is 9.77. The number of carbonyl (C=O) groups is 2. The summed E-state index contributed by atoms with van der Waals surface area (Å²) in [6, 6.07) is -0.227. The molecule has 0 aromatic rings. The van der Waals surface area contributed by atoms with E-state index in [0.717, 1.165) is 18.6 Å². The Morgan fingerprint density at radius 3 is 2.80 bits per heavy atom. The quantitative estimate of drug-likeness (QED) is 0.270. The van der Waals surface area contributed by atoms with Gasteiger partial charge < -0.3 is 24.2 Å². The van der Waals surface area contributed by atoms with E-state index < -0.39 is 6.23 Å². The van der Waals surface area contributed by atoms with Gasteiger partial charge in [-0.25, -0.2) is 9.86 Å². The minimum absolute atomic E-state index is 0.0441. The fraction of sp³-hybridized carbons (Fsp3) is 0.724. The second-order valence-electron chi connectivity index (χ2n) is 11.0. The van der Waals surface area contributed by atoms with Crippen molar-refractivity contribution in [1.29, 1.82) is 0 Å². The summed E-state index contributed by atoms with van der Waals surface area (Å²) in [7, 11) is 3.40. The molecule has 3 heterocycles. The summed E-state index contributed by atoms with van der Waals surface area (Å²) >= 11 is 0. The SMILES string of the molecule is C=C[C@@H]1[C@@H](C2C=C3OCOC3=C(OC)C2)CN(CC(=O)N(CCC)OCCC)[C@H]1CCN1C(=O)N(C)CCC1O. The van der Waals surface area contributed by atoms with Crippen LogP contribution < -0.4 is 0 Å². The highest BCUT2D eigenvalue weighted by molar-refractivity contribution is 5.77. The van der Waals surface area contributed by atoms with E-state index in [4.69, 9.17) is 19.0 Å². The molecule has 224 valence electrons. The van der Waals surface area contributed by atoms with Crippen molar-refractivity contribution in [1.82, 2.24) is 19.8 Å². The van der Waals surface area contributed by atoms with Crippen LogP contribution in [0.25, 0.3) is 0 Å². The monoisotopic (exact) mass is 562 g/mol. The number of carbonyl (C=O) groups excluding carboxylic acids is 2. The second-order valence-corrected chi connectivity index (χ2v) is 11.0. The van der Waals surface area contributed by atoms with Crippen LogP contribution in [-0.2, 0) is 23.8 Å². The molecule has 4 rings (SSSR count). The molecule has 4 aliphatic rings. The van der Waals surface area contributed by atoms with Crippen molar-refractivity contribution >= 4 is 11.9 Å². The predicted molar refractivity (Wildman–Crippen MR) is 148 cm³/mol. The van der Waals surface area contributed by atoms with E-state index in [2.05, 4.69) is 17.6 Å². The van der Waals surface area contributed by atoms with Crippen LogP contribution in [0.4, 0.5) is 4.79 Å². The van der Waals surface area contributed by atoms with E-state index in [0.29, 0.717) is 63.6 Å². The minimum Gasteiger partial charge on any atom is -0.497 e. The normalized spacial score (nSPS) is 28.7. The molecule has 1 aliphatic carbocycles. The number of methoxy groups -OCH3 is 1. The number of hydrogen-bond acceptors (Lipinski definition) is 8. The van der Waals surface area contributed by atoms with Crippen LogP contribution in [0.3, 0.4) is 0 Å². The third-order valence-corrected chi connectivity index (χ3v) is 8.42. The number of amides is 3. The summed E-state index contributed by atoms with van der Waals surface area (Å²) in [6.07, 6.45) is 6.68. The van der Waals surface area contributed by atoms with Crippen molar-refractivity contribution in [2.24, 2.45) is 17.8 Å². The number of nitrogens with zero attached hydrogens (tertiary/aromatic N) is 4. The highest BCUT2D eigenvalue weighted by atomic mass is 16.7. The molecule has 0 radical (unpaired) electrons. The molecule has 3 fully saturated rings. The van der Waals surface area contributed by atoms with E-state index in [1.165, 1.54) is 9.96 Å². The van der Waals surface area contributed by atoms with E-state index >= 15 is 0 Å². The smallest absolute Gasteiger partial charge is 0.321 e. The maximum atomic E-state index is 13.5. The largest absolute Gasteiger partial charge is 0.497 e. The van der Waals surface area contributed by atoms with Crippen molar-refractivity contribution in [3.63, 3.8) is 0 Å². The first-order valence-electron chi connectivity index (χ1n) is 14.6. The van der Waals surface area contributed by atoms with Gasteiger partial charge in [0.15, 0.2) is 5.76 Å². The van der Waals surface area contributed by atoms with Gasteiger partial charge in [0.1, 0.15) is 12.0 Å². The topological polar surface area (TPSA) is 104 Å². The molecule has 3 amide bonds. The van der Waals surface area contributed by atoms with Gasteiger partial charge in [0.25, 0.3) is 5.91 Å². The first-order chi connectivity index (χ1) is 19.3. The van der Waals surface area contributed by atoms with Gasteiger partial charge in [-0.2, -0.15) is 0 Å². The molecule has 2 unspecified atom stereocenters. The van der Waals surface area contributed by atoms with Crippen molar-refractivity contribution in [3.05, 3.63) is 36.0 Å². The molecule has 0 saturated carbocycles. The Kier molecular flexibility index (Phi) is 10.4. The number of hydroxylamine groups is 2. The van der Waals surface area contributed by atoms with Crippen LogP contribution in [0.1, 0.15) is 46.0 Å². The highest BCUT2D eigenvalue weighted by Gasteiger charge is 2.46. The summed E-state index contributed by atoms with van der Waals surface area (Å²) < 4.78 is 17.0. The molecule has 1 N–H and O–H groups in total. The number of rotatable bonds is 13. The van der Waals surface area contributed by atoms with Gasteiger partial charge in [-0.15, -0.1) is 6.58 Å². The summed E-state index contributed by atoms with van der Waals surface area (Å²) in [4.78, 5) is 37.5. The number of urea groups is 1. The van der Waals surface area contributed by atoms with Gasteiger partial charge in [0.05, 0.1) is 20.3 Å². The van der Waals surface area contributed by atoms with Crippen molar-refractivity contribution in [2.75, 3.05) is 60.3 Å². The molecule has 11 nitrogen and oxygen atoms in total. The Labute approximate surface area is 237 Å². The lowest BCUT2D eigenvalue weighted by Gasteiger charge is -2.39. The lowest BCUT2D eigenvalue weighted by Crippen LogP contribution is -2.54. The summed E-state index contributed by atoms with van der Waals surface area (Å²) in [5.74, 6) is 2.34. The molecule has 3 aliphatic heterocycles. The van der Waals surface area contributed by atoms with Gasteiger partial charge in [0.2, 0.25) is 12.6 Å². The van der Waals surface area contributed by atoms with Gasteiger partial charge in [0, 0.05) is 52.1 Å². The lowest BCUT2D eigenvalue weighted by molar-refractivity contribution is -0.188. The number of aliphatic hydroxyl groups is 1. The molecular formula is C29H46N4O7. The maximum absolute atomic E-state index is 13.5. The van der Waals surface area contributed by atoms with Crippen LogP contribution in [0.15, 0.2) is 36.0 Å². The Bertz CT molecular complexity index is 985. The van der Waals surface area contributed by atoms with E-state index in [1.807, 2.05) is 19.9 Å². The van der Waals surface area contributed by atoms with Gasteiger partial charge in [-0.1, -0.05) is 19.9 Å². The zero-order valence-electron chi connectivity index (χ0n) is 24.4.